The van der Waals surface area contributed by atoms with Crippen molar-refractivity contribution in [1.82, 2.24) is 5.32 Å². The average Bonchev–Trinajstić information content (AvgIpc) is 2.82. The lowest BCUT2D eigenvalue weighted by atomic mass is 10.1. The van der Waals surface area contributed by atoms with Gasteiger partial charge in [-0.3, -0.25) is 9.52 Å². The topological polar surface area (TPSA) is 103 Å². The predicted molar refractivity (Wildman–Crippen MR) is 125 cm³/mol. The smallest absolute Gasteiger partial charge is 0.261 e. The SMILES string of the molecule is COc1ccc([C@@H](C)NC(=O)COc2ccc(S(=O)(=O)Nc3ccccc3)cc2)cc1OC. The summed E-state index contributed by atoms with van der Waals surface area (Å²) in [5.74, 6) is 1.24. The number of ether oxygens (including phenoxy) is 3. The molecule has 174 valence electrons. The minimum atomic E-state index is -3.72. The number of para-hydroxylation sites is 1. The van der Waals surface area contributed by atoms with Gasteiger partial charge in [-0.25, -0.2) is 8.42 Å². The van der Waals surface area contributed by atoms with Crippen LogP contribution in [0, 0.1) is 0 Å². The summed E-state index contributed by atoms with van der Waals surface area (Å²) in [5.41, 5.74) is 1.32. The van der Waals surface area contributed by atoms with E-state index in [1.54, 1.807) is 56.7 Å². The van der Waals surface area contributed by atoms with Crippen molar-refractivity contribution in [3.05, 3.63) is 78.4 Å². The van der Waals surface area contributed by atoms with Crippen LogP contribution in [0.4, 0.5) is 5.69 Å². The Hall–Kier alpha value is -3.72. The second kappa shape index (κ2) is 10.7. The van der Waals surface area contributed by atoms with Crippen LogP contribution in [0.3, 0.4) is 0 Å². The van der Waals surface area contributed by atoms with Crippen molar-refractivity contribution >= 4 is 21.6 Å². The zero-order chi connectivity index (χ0) is 23.8. The maximum atomic E-state index is 12.5. The van der Waals surface area contributed by atoms with Gasteiger partial charge in [-0.1, -0.05) is 24.3 Å². The van der Waals surface area contributed by atoms with Crippen molar-refractivity contribution in [3.8, 4) is 17.2 Å². The number of hydrogen-bond acceptors (Lipinski definition) is 6. The molecule has 0 unspecified atom stereocenters. The molecule has 0 radical (unpaired) electrons. The maximum Gasteiger partial charge on any atom is 0.261 e. The Kier molecular flexibility index (Phi) is 7.78. The molecule has 0 aliphatic carbocycles. The van der Waals surface area contributed by atoms with Gasteiger partial charge < -0.3 is 19.5 Å². The molecule has 0 saturated carbocycles. The zero-order valence-corrected chi connectivity index (χ0v) is 19.4. The van der Waals surface area contributed by atoms with E-state index in [4.69, 9.17) is 14.2 Å². The molecule has 3 rings (SSSR count). The molecule has 9 heteroatoms. The molecule has 0 fully saturated rings. The summed E-state index contributed by atoms with van der Waals surface area (Å²) in [7, 11) is -0.617. The largest absolute Gasteiger partial charge is 0.493 e. The fourth-order valence-electron chi connectivity index (χ4n) is 3.07. The molecule has 3 aromatic rings. The maximum absolute atomic E-state index is 12.5. The highest BCUT2D eigenvalue weighted by Crippen LogP contribution is 2.29. The predicted octanol–water partition coefficient (Wildman–Crippen LogP) is 3.76. The number of anilines is 1. The third-order valence-corrected chi connectivity index (χ3v) is 6.21. The van der Waals surface area contributed by atoms with E-state index in [1.807, 2.05) is 13.0 Å². The van der Waals surface area contributed by atoms with Gasteiger partial charge in [0.05, 0.1) is 25.2 Å². The van der Waals surface area contributed by atoms with Gasteiger partial charge in [0.1, 0.15) is 5.75 Å². The monoisotopic (exact) mass is 470 g/mol. The number of benzene rings is 3. The van der Waals surface area contributed by atoms with E-state index in [9.17, 15) is 13.2 Å². The standard InChI is InChI=1S/C24H26N2O6S/c1-17(18-9-14-22(30-2)23(15-18)31-3)25-24(27)16-32-20-10-12-21(13-11-20)33(28,29)26-19-7-5-4-6-8-19/h4-15,17,26H,16H2,1-3H3,(H,25,27)/t17-/m1/s1. The van der Waals surface area contributed by atoms with Crippen molar-refractivity contribution in [2.45, 2.75) is 17.9 Å². The summed E-state index contributed by atoms with van der Waals surface area (Å²) in [6, 6.07) is 19.6. The molecule has 0 saturated heterocycles. The van der Waals surface area contributed by atoms with Gasteiger partial charge >= 0.3 is 0 Å². The van der Waals surface area contributed by atoms with Crippen molar-refractivity contribution in [1.29, 1.82) is 0 Å². The van der Waals surface area contributed by atoms with Crippen molar-refractivity contribution in [2.75, 3.05) is 25.5 Å². The van der Waals surface area contributed by atoms with Crippen LogP contribution in [0.5, 0.6) is 17.2 Å². The van der Waals surface area contributed by atoms with Crippen LogP contribution in [-0.2, 0) is 14.8 Å². The van der Waals surface area contributed by atoms with E-state index in [0.717, 1.165) is 5.56 Å². The molecule has 0 aromatic heterocycles. The number of rotatable bonds is 10. The van der Waals surface area contributed by atoms with Gasteiger partial charge in [0.2, 0.25) is 0 Å². The third-order valence-electron chi connectivity index (χ3n) is 4.82. The molecule has 33 heavy (non-hydrogen) atoms. The molecule has 0 heterocycles. The molecule has 0 aliphatic rings. The Morgan fingerprint density at radius 1 is 0.909 bits per heavy atom. The quantitative estimate of drug-likeness (QED) is 0.468. The zero-order valence-electron chi connectivity index (χ0n) is 18.6. The van der Waals surface area contributed by atoms with Gasteiger partial charge in [0.25, 0.3) is 15.9 Å². The molecular weight excluding hydrogens is 444 g/mol. The molecule has 8 nitrogen and oxygen atoms in total. The Morgan fingerprint density at radius 3 is 2.21 bits per heavy atom. The second-order valence-electron chi connectivity index (χ2n) is 7.14. The normalized spacial score (nSPS) is 11.8. The summed E-state index contributed by atoms with van der Waals surface area (Å²) in [5, 5.41) is 2.85. The molecule has 3 aromatic carbocycles. The van der Waals surface area contributed by atoms with Crippen LogP contribution in [0.25, 0.3) is 0 Å². The first-order valence-electron chi connectivity index (χ1n) is 10.1. The Morgan fingerprint density at radius 2 is 1.58 bits per heavy atom. The Balaban J connectivity index is 1.55. The van der Waals surface area contributed by atoms with Crippen LogP contribution in [0.15, 0.2) is 77.7 Å². The van der Waals surface area contributed by atoms with Gasteiger partial charge in [-0.15, -0.1) is 0 Å². The molecule has 1 amide bonds. The minimum Gasteiger partial charge on any atom is -0.493 e. The number of hydrogen-bond donors (Lipinski definition) is 2. The summed E-state index contributed by atoms with van der Waals surface area (Å²) in [6.45, 7) is 1.63. The Labute approximate surface area is 193 Å². The molecular formula is C24H26N2O6S. The molecule has 1 atom stereocenters. The first-order chi connectivity index (χ1) is 15.8. The van der Waals surface area contributed by atoms with Gasteiger partial charge in [-0.2, -0.15) is 0 Å². The molecule has 0 bridgehead atoms. The minimum absolute atomic E-state index is 0.0882. The fraction of sp³-hybridized carbons (Fsp3) is 0.208. The van der Waals surface area contributed by atoms with Crippen LogP contribution in [-0.4, -0.2) is 35.2 Å². The number of sulfonamides is 1. The first-order valence-corrected chi connectivity index (χ1v) is 11.6. The van der Waals surface area contributed by atoms with Crippen molar-refractivity contribution in [3.63, 3.8) is 0 Å². The lowest BCUT2D eigenvalue weighted by Crippen LogP contribution is -2.31. The van der Waals surface area contributed by atoms with Crippen LogP contribution >= 0.6 is 0 Å². The van der Waals surface area contributed by atoms with Crippen molar-refractivity contribution < 1.29 is 27.4 Å². The average molecular weight is 471 g/mol. The van der Waals surface area contributed by atoms with Crippen LogP contribution in [0.2, 0.25) is 0 Å². The van der Waals surface area contributed by atoms with E-state index in [1.165, 1.54) is 24.3 Å². The third kappa shape index (κ3) is 6.39. The number of nitrogens with one attached hydrogen (secondary N) is 2. The van der Waals surface area contributed by atoms with Crippen molar-refractivity contribution in [2.24, 2.45) is 0 Å². The molecule has 0 aliphatic heterocycles. The second-order valence-corrected chi connectivity index (χ2v) is 8.82. The Bertz CT molecular complexity index is 1180. The molecule has 0 spiro atoms. The number of methoxy groups -OCH3 is 2. The van der Waals surface area contributed by atoms with Crippen LogP contribution < -0.4 is 24.2 Å². The lowest BCUT2D eigenvalue weighted by molar-refractivity contribution is -0.123. The van der Waals surface area contributed by atoms with E-state index in [2.05, 4.69) is 10.0 Å². The number of carbonyl (C=O) groups is 1. The summed E-state index contributed by atoms with van der Waals surface area (Å²) in [6.07, 6.45) is 0. The first kappa shape index (κ1) is 23.9. The summed E-state index contributed by atoms with van der Waals surface area (Å²) < 4.78 is 43.5. The van der Waals surface area contributed by atoms with E-state index < -0.39 is 10.0 Å². The van der Waals surface area contributed by atoms with E-state index >= 15 is 0 Å². The van der Waals surface area contributed by atoms with Gasteiger partial charge in [-0.05, 0) is 61.0 Å². The number of amides is 1. The number of carbonyl (C=O) groups excluding carboxylic acids is 1. The molecule has 2 N–H and O–H groups in total. The summed E-state index contributed by atoms with van der Waals surface area (Å²) >= 11 is 0. The highest BCUT2D eigenvalue weighted by molar-refractivity contribution is 7.92. The van der Waals surface area contributed by atoms with Gasteiger partial charge in [0, 0.05) is 5.69 Å². The van der Waals surface area contributed by atoms with E-state index in [0.29, 0.717) is 22.9 Å². The van der Waals surface area contributed by atoms with Crippen LogP contribution in [0.1, 0.15) is 18.5 Å². The van der Waals surface area contributed by atoms with Gasteiger partial charge in [0.15, 0.2) is 18.1 Å². The van der Waals surface area contributed by atoms with E-state index in [-0.39, 0.29) is 23.5 Å². The highest BCUT2D eigenvalue weighted by Gasteiger charge is 2.15. The highest BCUT2D eigenvalue weighted by atomic mass is 32.2. The fourth-order valence-corrected chi connectivity index (χ4v) is 4.13. The lowest BCUT2D eigenvalue weighted by Gasteiger charge is -2.17. The summed E-state index contributed by atoms with van der Waals surface area (Å²) in [4.78, 5) is 12.4.